The van der Waals surface area contributed by atoms with E-state index in [0.717, 1.165) is 5.56 Å². The summed E-state index contributed by atoms with van der Waals surface area (Å²) in [5.41, 5.74) is 2.27. The van der Waals surface area contributed by atoms with Crippen molar-refractivity contribution in [2.75, 3.05) is 10.5 Å². The quantitative estimate of drug-likeness (QED) is 0.928. The molecule has 0 spiro atoms. The minimum absolute atomic E-state index is 0.00836. The maximum atomic E-state index is 11.7. The van der Waals surface area contributed by atoms with Gasteiger partial charge in [-0.2, -0.15) is 5.10 Å². The van der Waals surface area contributed by atoms with Crippen molar-refractivity contribution < 1.29 is 8.42 Å². The van der Waals surface area contributed by atoms with Gasteiger partial charge in [-0.1, -0.05) is 12.1 Å². The zero-order chi connectivity index (χ0) is 15.6. The van der Waals surface area contributed by atoms with Crippen LogP contribution in [0.2, 0.25) is 0 Å². The molecule has 0 saturated heterocycles. The molecule has 0 aliphatic heterocycles. The molecule has 0 amide bonds. The average Bonchev–Trinajstić information content (AvgIpc) is 2.44. The lowest BCUT2D eigenvalue weighted by atomic mass is 10.1. The van der Waals surface area contributed by atoms with E-state index in [1.807, 2.05) is 6.07 Å². The fraction of sp³-hybridized carbons (Fsp3) is 0.286. The lowest BCUT2D eigenvalue weighted by Crippen LogP contribution is -2.22. The van der Waals surface area contributed by atoms with Crippen molar-refractivity contribution in [2.24, 2.45) is 7.05 Å². The number of aromatic nitrogens is 2. The second-order valence-electron chi connectivity index (χ2n) is 4.73. The SMILES string of the molecule is CCS(=O)(=O)Nc1cccc(-c2cc(C)c(=O)n(C)n2)c1. The molecule has 0 unspecified atom stereocenters. The first-order valence-corrected chi connectivity index (χ1v) is 8.13. The van der Waals surface area contributed by atoms with Gasteiger partial charge in [0.2, 0.25) is 10.0 Å². The van der Waals surface area contributed by atoms with E-state index in [1.165, 1.54) is 4.68 Å². The zero-order valence-electron chi connectivity index (χ0n) is 12.1. The molecule has 2 rings (SSSR count). The lowest BCUT2D eigenvalue weighted by molar-refractivity contribution is 0.602. The third-order valence-electron chi connectivity index (χ3n) is 3.05. The Balaban J connectivity index is 2.45. The van der Waals surface area contributed by atoms with Crippen molar-refractivity contribution in [1.82, 2.24) is 9.78 Å². The Morgan fingerprint density at radius 2 is 2.00 bits per heavy atom. The first-order valence-electron chi connectivity index (χ1n) is 6.48. The van der Waals surface area contributed by atoms with E-state index < -0.39 is 10.0 Å². The predicted octanol–water partition coefficient (Wildman–Crippen LogP) is 1.52. The van der Waals surface area contributed by atoms with Crippen LogP contribution in [0.1, 0.15) is 12.5 Å². The molecule has 2 aromatic rings. The Bertz CT molecular complexity index is 799. The van der Waals surface area contributed by atoms with Crippen molar-refractivity contribution in [3.05, 3.63) is 46.2 Å². The van der Waals surface area contributed by atoms with Gasteiger partial charge in [-0.25, -0.2) is 13.1 Å². The molecule has 1 N–H and O–H groups in total. The second-order valence-corrected chi connectivity index (χ2v) is 6.74. The van der Waals surface area contributed by atoms with Crippen molar-refractivity contribution in [1.29, 1.82) is 0 Å². The van der Waals surface area contributed by atoms with E-state index in [9.17, 15) is 13.2 Å². The largest absolute Gasteiger partial charge is 0.284 e. The summed E-state index contributed by atoms with van der Waals surface area (Å²) >= 11 is 0. The van der Waals surface area contributed by atoms with E-state index in [0.29, 0.717) is 16.9 Å². The van der Waals surface area contributed by atoms with Gasteiger partial charge in [0.25, 0.3) is 5.56 Å². The molecular formula is C14H17N3O3S. The van der Waals surface area contributed by atoms with Crippen LogP contribution in [-0.4, -0.2) is 24.0 Å². The highest BCUT2D eigenvalue weighted by Gasteiger charge is 2.09. The molecule has 112 valence electrons. The first kappa shape index (κ1) is 15.2. The number of benzene rings is 1. The Morgan fingerprint density at radius 1 is 1.29 bits per heavy atom. The van der Waals surface area contributed by atoms with Gasteiger partial charge in [0, 0.05) is 23.9 Å². The predicted molar refractivity (Wildman–Crippen MR) is 82.7 cm³/mol. The summed E-state index contributed by atoms with van der Waals surface area (Å²) in [6, 6.07) is 8.61. The summed E-state index contributed by atoms with van der Waals surface area (Å²) in [4.78, 5) is 11.7. The maximum Gasteiger partial charge on any atom is 0.269 e. The van der Waals surface area contributed by atoms with E-state index >= 15 is 0 Å². The molecule has 0 aliphatic rings. The molecule has 7 heteroatoms. The molecule has 1 aromatic carbocycles. The van der Waals surface area contributed by atoms with Crippen LogP contribution in [0.3, 0.4) is 0 Å². The van der Waals surface area contributed by atoms with E-state index in [1.54, 1.807) is 45.2 Å². The molecular weight excluding hydrogens is 290 g/mol. The van der Waals surface area contributed by atoms with Crippen LogP contribution >= 0.6 is 0 Å². The molecule has 0 atom stereocenters. The van der Waals surface area contributed by atoms with Gasteiger partial charge in [-0.15, -0.1) is 0 Å². The van der Waals surface area contributed by atoms with Gasteiger partial charge in [-0.05, 0) is 32.0 Å². The van der Waals surface area contributed by atoms with Crippen LogP contribution in [0, 0.1) is 6.92 Å². The Morgan fingerprint density at radius 3 is 2.62 bits per heavy atom. The van der Waals surface area contributed by atoms with Gasteiger partial charge in [0.1, 0.15) is 0 Å². The molecule has 6 nitrogen and oxygen atoms in total. The maximum absolute atomic E-state index is 11.7. The smallest absolute Gasteiger partial charge is 0.269 e. The van der Waals surface area contributed by atoms with Crippen LogP contribution in [0.25, 0.3) is 11.3 Å². The third kappa shape index (κ3) is 3.49. The summed E-state index contributed by atoms with van der Waals surface area (Å²) in [7, 11) is -1.73. The van der Waals surface area contributed by atoms with Crippen molar-refractivity contribution >= 4 is 15.7 Å². The van der Waals surface area contributed by atoms with Crippen LogP contribution in [0.5, 0.6) is 0 Å². The Hall–Kier alpha value is -2.15. The van der Waals surface area contributed by atoms with Crippen molar-refractivity contribution in [3.63, 3.8) is 0 Å². The highest BCUT2D eigenvalue weighted by Crippen LogP contribution is 2.21. The fourth-order valence-corrected chi connectivity index (χ4v) is 2.52. The number of aryl methyl sites for hydroxylation is 2. The topological polar surface area (TPSA) is 81.1 Å². The number of rotatable bonds is 4. The number of nitrogens with zero attached hydrogens (tertiary/aromatic N) is 2. The van der Waals surface area contributed by atoms with E-state index in [4.69, 9.17) is 0 Å². The first-order chi connectivity index (χ1) is 9.82. The number of anilines is 1. The third-order valence-corrected chi connectivity index (χ3v) is 4.36. The molecule has 0 bridgehead atoms. The number of nitrogens with one attached hydrogen (secondary N) is 1. The van der Waals surface area contributed by atoms with Crippen LogP contribution in [0.4, 0.5) is 5.69 Å². The number of hydrogen-bond donors (Lipinski definition) is 1. The number of sulfonamides is 1. The van der Waals surface area contributed by atoms with Gasteiger partial charge in [-0.3, -0.25) is 9.52 Å². The van der Waals surface area contributed by atoms with Gasteiger partial charge >= 0.3 is 0 Å². The Labute approximate surface area is 123 Å². The summed E-state index contributed by atoms with van der Waals surface area (Å²) < 4.78 is 27.0. The Kier molecular flexibility index (Phi) is 4.13. The molecule has 0 radical (unpaired) electrons. The summed E-state index contributed by atoms with van der Waals surface area (Å²) in [5, 5.41) is 4.19. The van der Waals surface area contributed by atoms with Gasteiger partial charge < -0.3 is 0 Å². The zero-order valence-corrected chi connectivity index (χ0v) is 12.9. The minimum atomic E-state index is -3.32. The van der Waals surface area contributed by atoms with Gasteiger partial charge in [0.05, 0.1) is 11.4 Å². The second kappa shape index (κ2) is 5.69. The lowest BCUT2D eigenvalue weighted by Gasteiger charge is -2.09. The summed E-state index contributed by atoms with van der Waals surface area (Å²) in [5.74, 6) is 0.00836. The molecule has 1 heterocycles. The monoisotopic (exact) mass is 307 g/mol. The highest BCUT2D eigenvalue weighted by molar-refractivity contribution is 7.92. The van der Waals surface area contributed by atoms with E-state index in [2.05, 4.69) is 9.82 Å². The van der Waals surface area contributed by atoms with E-state index in [-0.39, 0.29) is 11.3 Å². The van der Waals surface area contributed by atoms with Crippen LogP contribution < -0.4 is 10.3 Å². The average molecular weight is 307 g/mol. The minimum Gasteiger partial charge on any atom is -0.284 e. The summed E-state index contributed by atoms with van der Waals surface area (Å²) in [6.07, 6.45) is 0. The molecule has 0 aliphatic carbocycles. The van der Waals surface area contributed by atoms with Crippen molar-refractivity contribution in [2.45, 2.75) is 13.8 Å². The molecule has 1 aromatic heterocycles. The standard InChI is InChI=1S/C14H17N3O3S/c1-4-21(19,20)16-12-7-5-6-11(9-12)13-8-10(2)14(18)17(3)15-13/h5-9,16H,4H2,1-3H3. The fourth-order valence-electron chi connectivity index (χ4n) is 1.89. The van der Waals surface area contributed by atoms with Crippen molar-refractivity contribution in [3.8, 4) is 11.3 Å². The van der Waals surface area contributed by atoms with Crippen LogP contribution in [-0.2, 0) is 17.1 Å². The number of hydrogen-bond acceptors (Lipinski definition) is 4. The highest BCUT2D eigenvalue weighted by atomic mass is 32.2. The van der Waals surface area contributed by atoms with Gasteiger partial charge in [0.15, 0.2) is 0 Å². The molecule has 0 fully saturated rings. The molecule has 0 saturated carbocycles. The normalized spacial score (nSPS) is 11.4. The molecule has 21 heavy (non-hydrogen) atoms. The van der Waals surface area contributed by atoms with Crippen LogP contribution in [0.15, 0.2) is 35.1 Å². The summed E-state index contributed by atoms with van der Waals surface area (Å²) in [6.45, 7) is 3.29.